The highest BCUT2D eigenvalue weighted by atomic mass is 16.1. The van der Waals surface area contributed by atoms with Gasteiger partial charge in [0.15, 0.2) is 0 Å². The number of hydrogen-bond acceptors (Lipinski definition) is 3. The normalized spacial score (nSPS) is 11.7. The molecule has 0 fully saturated rings. The van der Waals surface area contributed by atoms with E-state index in [9.17, 15) is 4.79 Å². The third-order valence-corrected chi connectivity index (χ3v) is 2.78. The highest BCUT2D eigenvalue weighted by Gasteiger charge is 2.16. The summed E-state index contributed by atoms with van der Waals surface area (Å²) in [5.74, 6) is -0.354. The van der Waals surface area contributed by atoms with Crippen LogP contribution in [0.25, 0.3) is 0 Å². The summed E-state index contributed by atoms with van der Waals surface area (Å²) in [6.07, 6.45) is 2.33. The van der Waals surface area contributed by atoms with Gasteiger partial charge in [-0.05, 0) is 39.7 Å². The van der Waals surface area contributed by atoms with Crippen molar-refractivity contribution in [3.63, 3.8) is 0 Å². The van der Waals surface area contributed by atoms with Gasteiger partial charge in [0.1, 0.15) is 11.6 Å². The second kappa shape index (κ2) is 7.49. The van der Waals surface area contributed by atoms with Crippen LogP contribution >= 0.6 is 0 Å². The number of aryl methyl sites for hydroxylation is 1. The zero-order valence-corrected chi connectivity index (χ0v) is 13.2. The molecule has 4 heteroatoms. The van der Waals surface area contributed by atoms with Crippen molar-refractivity contribution in [3.8, 4) is 6.07 Å². The van der Waals surface area contributed by atoms with Gasteiger partial charge in [-0.1, -0.05) is 29.8 Å². The molecule has 0 aromatic heterocycles. The van der Waals surface area contributed by atoms with Crippen LogP contribution in [0.5, 0.6) is 0 Å². The molecule has 0 unspecified atom stereocenters. The molecule has 0 aliphatic carbocycles. The van der Waals surface area contributed by atoms with Crippen LogP contribution in [0.4, 0.5) is 0 Å². The van der Waals surface area contributed by atoms with Crippen LogP contribution in [0.15, 0.2) is 36.0 Å². The Morgan fingerprint density at radius 1 is 1.29 bits per heavy atom. The predicted octanol–water partition coefficient (Wildman–Crippen LogP) is 2.45. The fourth-order valence-electron chi connectivity index (χ4n) is 1.70. The molecule has 0 atom stereocenters. The van der Waals surface area contributed by atoms with Gasteiger partial charge in [-0.25, -0.2) is 0 Å². The molecule has 2 N–H and O–H groups in total. The first-order chi connectivity index (χ1) is 9.81. The minimum Gasteiger partial charge on any atom is -0.389 e. The van der Waals surface area contributed by atoms with Crippen molar-refractivity contribution < 1.29 is 4.79 Å². The highest BCUT2D eigenvalue weighted by molar-refractivity contribution is 5.97. The summed E-state index contributed by atoms with van der Waals surface area (Å²) in [5, 5.41) is 14.8. The minimum atomic E-state index is -0.354. The first kappa shape index (κ1) is 16.8. The van der Waals surface area contributed by atoms with Crippen LogP contribution in [0.3, 0.4) is 0 Å². The average molecular weight is 285 g/mol. The van der Waals surface area contributed by atoms with Gasteiger partial charge >= 0.3 is 0 Å². The van der Waals surface area contributed by atoms with Crippen molar-refractivity contribution in [2.24, 2.45) is 0 Å². The van der Waals surface area contributed by atoms with E-state index < -0.39 is 0 Å². The molecule has 4 nitrogen and oxygen atoms in total. The van der Waals surface area contributed by atoms with E-state index in [1.165, 1.54) is 17.3 Å². The van der Waals surface area contributed by atoms with Crippen LogP contribution in [-0.2, 0) is 11.2 Å². The van der Waals surface area contributed by atoms with E-state index in [1.807, 2.05) is 26.8 Å². The third-order valence-electron chi connectivity index (χ3n) is 2.78. The highest BCUT2D eigenvalue weighted by Crippen LogP contribution is 2.04. The molecule has 0 saturated heterocycles. The van der Waals surface area contributed by atoms with Crippen molar-refractivity contribution in [1.29, 1.82) is 5.26 Å². The number of nitriles is 1. The van der Waals surface area contributed by atoms with E-state index in [0.29, 0.717) is 6.54 Å². The Balaban J connectivity index is 2.48. The molecule has 0 heterocycles. The number of carbonyl (C=O) groups is 1. The second-order valence-electron chi connectivity index (χ2n) is 6.06. The maximum Gasteiger partial charge on any atom is 0.263 e. The summed E-state index contributed by atoms with van der Waals surface area (Å²) in [6, 6.07) is 10.2. The molecule has 0 radical (unpaired) electrons. The third kappa shape index (κ3) is 6.62. The molecule has 0 aliphatic heterocycles. The average Bonchev–Trinajstić information content (AvgIpc) is 2.38. The number of nitrogens with one attached hydrogen (secondary N) is 2. The van der Waals surface area contributed by atoms with Gasteiger partial charge in [0.25, 0.3) is 5.91 Å². The van der Waals surface area contributed by atoms with Crippen molar-refractivity contribution in [3.05, 3.63) is 47.2 Å². The summed E-state index contributed by atoms with van der Waals surface area (Å²) < 4.78 is 0. The van der Waals surface area contributed by atoms with Crippen molar-refractivity contribution in [2.45, 2.75) is 39.7 Å². The number of hydrogen-bond donors (Lipinski definition) is 2. The summed E-state index contributed by atoms with van der Waals surface area (Å²) in [7, 11) is 0. The van der Waals surface area contributed by atoms with Gasteiger partial charge in [-0.2, -0.15) is 5.26 Å². The number of nitrogens with zero attached hydrogens (tertiary/aromatic N) is 1. The van der Waals surface area contributed by atoms with Crippen LogP contribution in [0, 0.1) is 18.3 Å². The topological polar surface area (TPSA) is 64.9 Å². The zero-order valence-electron chi connectivity index (χ0n) is 13.2. The lowest BCUT2D eigenvalue weighted by atomic mass is 10.1. The predicted molar refractivity (Wildman–Crippen MR) is 84.5 cm³/mol. The number of benzene rings is 1. The Labute approximate surface area is 126 Å². The smallest absolute Gasteiger partial charge is 0.263 e. The lowest BCUT2D eigenvalue weighted by Gasteiger charge is -2.20. The van der Waals surface area contributed by atoms with Crippen LogP contribution in [-0.4, -0.2) is 18.0 Å². The monoisotopic (exact) mass is 285 g/mol. The number of carbonyl (C=O) groups excluding carboxylic acids is 1. The van der Waals surface area contributed by atoms with Crippen LogP contribution in [0.2, 0.25) is 0 Å². The molecule has 1 aromatic carbocycles. The second-order valence-corrected chi connectivity index (χ2v) is 6.06. The summed E-state index contributed by atoms with van der Waals surface area (Å²) in [5.41, 5.74) is 2.19. The van der Waals surface area contributed by atoms with Crippen molar-refractivity contribution >= 4 is 5.91 Å². The standard InChI is InChI=1S/C17H23N3O/c1-13-5-7-14(8-6-13)9-10-19-12-15(11-18)16(21)20-17(2,3)4/h5-8,12,19H,9-10H2,1-4H3,(H,20,21)/b15-12-. The van der Waals surface area contributed by atoms with E-state index in [0.717, 1.165) is 6.42 Å². The molecular formula is C17H23N3O. The van der Waals surface area contributed by atoms with E-state index in [-0.39, 0.29) is 17.0 Å². The van der Waals surface area contributed by atoms with Gasteiger partial charge in [0.2, 0.25) is 0 Å². The van der Waals surface area contributed by atoms with E-state index >= 15 is 0 Å². The minimum absolute atomic E-state index is 0.0915. The Morgan fingerprint density at radius 3 is 2.43 bits per heavy atom. The molecule has 21 heavy (non-hydrogen) atoms. The van der Waals surface area contributed by atoms with Crippen LogP contribution < -0.4 is 10.6 Å². The first-order valence-corrected chi connectivity index (χ1v) is 7.03. The Bertz CT molecular complexity index is 545. The quantitative estimate of drug-likeness (QED) is 0.496. The van der Waals surface area contributed by atoms with E-state index in [1.54, 1.807) is 0 Å². The Morgan fingerprint density at radius 2 is 1.90 bits per heavy atom. The fourth-order valence-corrected chi connectivity index (χ4v) is 1.70. The largest absolute Gasteiger partial charge is 0.389 e. The first-order valence-electron chi connectivity index (χ1n) is 7.03. The Kier molecular flexibility index (Phi) is 5.98. The molecule has 0 saturated carbocycles. The maximum absolute atomic E-state index is 11.8. The molecule has 0 spiro atoms. The van der Waals surface area contributed by atoms with Gasteiger partial charge in [0.05, 0.1) is 0 Å². The Hall–Kier alpha value is -2.28. The number of rotatable bonds is 5. The molecule has 1 amide bonds. The van der Waals surface area contributed by atoms with Gasteiger partial charge in [0, 0.05) is 18.3 Å². The molecule has 0 bridgehead atoms. The molecule has 112 valence electrons. The summed E-state index contributed by atoms with van der Waals surface area (Å²) >= 11 is 0. The van der Waals surface area contributed by atoms with Gasteiger partial charge < -0.3 is 10.6 Å². The van der Waals surface area contributed by atoms with Crippen molar-refractivity contribution in [1.82, 2.24) is 10.6 Å². The SMILES string of the molecule is Cc1ccc(CCN/C=C(/C#N)C(=O)NC(C)(C)C)cc1. The van der Waals surface area contributed by atoms with Gasteiger partial charge in [-0.3, -0.25) is 4.79 Å². The lowest BCUT2D eigenvalue weighted by Crippen LogP contribution is -2.41. The van der Waals surface area contributed by atoms with E-state index in [4.69, 9.17) is 5.26 Å². The maximum atomic E-state index is 11.8. The van der Waals surface area contributed by atoms with Crippen LogP contribution in [0.1, 0.15) is 31.9 Å². The lowest BCUT2D eigenvalue weighted by molar-refractivity contribution is -0.118. The molecule has 1 rings (SSSR count). The van der Waals surface area contributed by atoms with Gasteiger partial charge in [-0.15, -0.1) is 0 Å². The summed E-state index contributed by atoms with van der Waals surface area (Å²) in [4.78, 5) is 11.8. The van der Waals surface area contributed by atoms with Crippen molar-refractivity contribution in [2.75, 3.05) is 6.54 Å². The molecule has 1 aromatic rings. The summed E-state index contributed by atoms with van der Waals surface area (Å²) in [6.45, 7) is 8.37. The molecular weight excluding hydrogens is 262 g/mol. The fraction of sp³-hybridized carbons (Fsp3) is 0.412. The van der Waals surface area contributed by atoms with E-state index in [2.05, 4.69) is 41.8 Å². The number of amides is 1. The zero-order chi connectivity index (χ0) is 15.9. The molecule has 0 aliphatic rings.